The van der Waals surface area contributed by atoms with E-state index in [1.807, 2.05) is 6.07 Å². The highest BCUT2D eigenvalue weighted by Gasteiger charge is 2.56. The molecule has 4 rings (SSSR count). The number of carbonyl (C=O) groups is 1. The van der Waals surface area contributed by atoms with Crippen molar-refractivity contribution in [2.45, 2.75) is 12.0 Å². The number of hydrogen-bond donors (Lipinski definition) is 2. The molecule has 1 aromatic carbocycles. The number of anilines is 1. The van der Waals surface area contributed by atoms with Crippen LogP contribution in [0.5, 0.6) is 5.75 Å². The summed E-state index contributed by atoms with van der Waals surface area (Å²) < 4.78 is 5.71. The van der Waals surface area contributed by atoms with Gasteiger partial charge in [-0.25, -0.2) is 9.78 Å². The van der Waals surface area contributed by atoms with Crippen LogP contribution in [0.2, 0.25) is 10.0 Å². The number of nitrogens with zero attached hydrogens (tertiary/aromatic N) is 2. The summed E-state index contributed by atoms with van der Waals surface area (Å²) >= 11 is 12.5. The molecule has 3 atom stereocenters. The Kier molecular flexibility index (Phi) is 3.91. The Hall–Kier alpha value is -2.49. The standard InChI is InChI=1S/C17H12Cl2N4O2/c18-10-2-3-11(19)16-14(10)13-9(7-25-16)15(13)23-17(24)22-12-4-1-8(5-20)6-21-12/h1-4,6,9,13,15H,7H2,(H2,21,22,23,24)/t9-,13-,15-/m1/s1. The number of halogens is 2. The highest BCUT2D eigenvalue weighted by Crippen LogP contribution is 2.57. The number of aromatic nitrogens is 1. The minimum atomic E-state index is -0.365. The molecule has 1 fully saturated rings. The number of ether oxygens (including phenoxy) is 1. The van der Waals surface area contributed by atoms with Gasteiger partial charge >= 0.3 is 6.03 Å². The fourth-order valence-corrected chi connectivity index (χ4v) is 3.69. The fraction of sp³-hybridized carbons (Fsp3) is 0.235. The monoisotopic (exact) mass is 374 g/mol. The van der Waals surface area contributed by atoms with Gasteiger partial charge in [-0.05, 0) is 24.3 Å². The van der Waals surface area contributed by atoms with Gasteiger partial charge in [-0.1, -0.05) is 23.2 Å². The molecule has 2 heterocycles. The SMILES string of the molecule is N#Cc1ccc(NC(=O)N[C@@H]2[C@@H]3COc4c(Cl)ccc(Cl)c4[C@@H]32)nc1. The molecule has 2 amide bonds. The number of benzene rings is 1. The van der Waals surface area contributed by atoms with Crippen molar-refractivity contribution in [1.29, 1.82) is 5.26 Å². The first-order chi connectivity index (χ1) is 12.1. The number of nitrogens with one attached hydrogen (secondary N) is 2. The van der Waals surface area contributed by atoms with Gasteiger partial charge in [0.15, 0.2) is 0 Å². The molecule has 0 saturated heterocycles. The predicted octanol–water partition coefficient (Wildman–Crippen LogP) is 3.56. The second kappa shape index (κ2) is 6.10. The molecule has 0 unspecified atom stereocenters. The molecule has 1 aliphatic carbocycles. The van der Waals surface area contributed by atoms with Crippen LogP contribution in [0, 0.1) is 17.2 Å². The van der Waals surface area contributed by atoms with Gasteiger partial charge in [0, 0.05) is 34.7 Å². The molecule has 1 saturated carbocycles. The minimum absolute atomic E-state index is 0.0735. The Morgan fingerprint density at radius 2 is 2.08 bits per heavy atom. The summed E-state index contributed by atoms with van der Waals surface area (Å²) in [5.41, 5.74) is 1.28. The first kappa shape index (κ1) is 16.0. The van der Waals surface area contributed by atoms with Gasteiger partial charge in [0.25, 0.3) is 0 Å². The van der Waals surface area contributed by atoms with E-state index in [-0.39, 0.29) is 23.9 Å². The quantitative estimate of drug-likeness (QED) is 0.840. The number of nitriles is 1. The van der Waals surface area contributed by atoms with Crippen molar-refractivity contribution in [3.8, 4) is 11.8 Å². The molecule has 6 nitrogen and oxygen atoms in total. The van der Waals surface area contributed by atoms with Crippen LogP contribution in [-0.2, 0) is 0 Å². The maximum atomic E-state index is 12.2. The normalized spacial score (nSPS) is 22.7. The molecule has 0 bridgehead atoms. The third-order valence-corrected chi connectivity index (χ3v) is 5.08. The van der Waals surface area contributed by atoms with Crippen LogP contribution in [0.4, 0.5) is 10.6 Å². The van der Waals surface area contributed by atoms with E-state index < -0.39 is 0 Å². The fourth-order valence-electron chi connectivity index (χ4n) is 3.20. The van der Waals surface area contributed by atoms with E-state index >= 15 is 0 Å². The second-order valence-corrected chi connectivity index (χ2v) is 6.76. The maximum Gasteiger partial charge on any atom is 0.320 e. The molecule has 0 radical (unpaired) electrons. The average Bonchev–Trinajstić information content (AvgIpc) is 3.31. The minimum Gasteiger partial charge on any atom is -0.491 e. The van der Waals surface area contributed by atoms with E-state index in [1.54, 1.807) is 24.3 Å². The smallest absolute Gasteiger partial charge is 0.320 e. The molecular formula is C17H12Cl2N4O2. The second-order valence-electron chi connectivity index (χ2n) is 5.94. The Morgan fingerprint density at radius 1 is 1.28 bits per heavy atom. The topological polar surface area (TPSA) is 87.0 Å². The first-order valence-electron chi connectivity index (χ1n) is 7.63. The average molecular weight is 375 g/mol. The Labute approximate surface area is 153 Å². The van der Waals surface area contributed by atoms with Crippen molar-refractivity contribution in [2.75, 3.05) is 11.9 Å². The highest BCUT2D eigenvalue weighted by molar-refractivity contribution is 6.35. The van der Waals surface area contributed by atoms with Gasteiger partial charge in [0.2, 0.25) is 0 Å². The molecule has 2 aromatic rings. The predicted molar refractivity (Wildman–Crippen MR) is 93.1 cm³/mol. The Morgan fingerprint density at radius 3 is 2.80 bits per heavy atom. The van der Waals surface area contributed by atoms with E-state index in [0.29, 0.717) is 33.8 Å². The molecule has 1 aliphatic heterocycles. The molecular weight excluding hydrogens is 363 g/mol. The van der Waals surface area contributed by atoms with Crippen molar-refractivity contribution in [3.05, 3.63) is 51.6 Å². The van der Waals surface area contributed by atoms with E-state index in [0.717, 1.165) is 5.56 Å². The summed E-state index contributed by atoms with van der Waals surface area (Å²) in [6.45, 7) is 0.484. The lowest BCUT2D eigenvalue weighted by Crippen LogP contribution is -2.32. The molecule has 8 heteroatoms. The molecule has 25 heavy (non-hydrogen) atoms. The number of pyridine rings is 1. The zero-order valence-electron chi connectivity index (χ0n) is 12.8. The summed E-state index contributed by atoms with van der Waals surface area (Å²) in [6, 6.07) is 8.15. The summed E-state index contributed by atoms with van der Waals surface area (Å²) in [5, 5.41) is 15.4. The number of carbonyl (C=O) groups excluding carboxylic acids is 1. The van der Waals surface area contributed by atoms with Crippen molar-refractivity contribution in [1.82, 2.24) is 10.3 Å². The van der Waals surface area contributed by atoms with Crippen molar-refractivity contribution in [2.24, 2.45) is 5.92 Å². The summed E-state index contributed by atoms with van der Waals surface area (Å²) in [5.74, 6) is 1.24. The lowest BCUT2D eigenvalue weighted by Gasteiger charge is -2.18. The van der Waals surface area contributed by atoms with Crippen molar-refractivity contribution >= 4 is 35.1 Å². The molecule has 126 valence electrons. The first-order valence-corrected chi connectivity index (χ1v) is 8.38. The largest absolute Gasteiger partial charge is 0.491 e. The van der Waals surface area contributed by atoms with Gasteiger partial charge in [0.1, 0.15) is 17.6 Å². The number of amides is 2. The number of fused-ring (bicyclic) bond motifs is 3. The number of urea groups is 1. The van der Waals surface area contributed by atoms with Crippen LogP contribution in [0.1, 0.15) is 17.0 Å². The van der Waals surface area contributed by atoms with Gasteiger partial charge in [-0.2, -0.15) is 5.26 Å². The van der Waals surface area contributed by atoms with Crippen LogP contribution in [0.15, 0.2) is 30.5 Å². The lowest BCUT2D eigenvalue weighted by atomic mass is 10.1. The molecule has 0 spiro atoms. The van der Waals surface area contributed by atoms with Gasteiger partial charge < -0.3 is 10.1 Å². The zero-order chi connectivity index (χ0) is 17.6. The van der Waals surface area contributed by atoms with Crippen molar-refractivity contribution in [3.63, 3.8) is 0 Å². The van der Waals surface area contributed by atoms with Crippen LogP contribution in [-0.4, -0.2) is 23.7 Å². The van der Waals surface area contributed by atoms with Crippen LogP contribution in [0.25, 0.3) is 0 Å². The van der Waals surface area contributed by atoms with Crippen LogP contribution < -0.4 is 15.4 Å². The molecule has 1 aromatic heterocycles. The third kappa shape index (κ3) is 2.86. The van der Waals surface area contributed by atoms with E-state index in [2.05, 4.69) is 15.6 Å². The van der Waals surface area contributed by atoms with Crippen LogP contribution >= 0.6 is 23.2 Å². The van der Waals surface area contributed by atoms with E-state index in [9.17, 15) is 4.79 Å². The molecule has 2 aliphatic rings. The summed E-state index contributed by atoms with van der Waals surface area (Å²) in [6.07, 6.45) is 1.40. The van der Waals surface area contributed by atoms with Gasteiger partial charge in [0.05, 0.1) is 17.2 Å². The van der Waals surface area contributed by atoms with Crippen molar-refractivity contribution < 1.29 is 9.53 Å². The number of rotatable bonds is 2. The maximum absolute atomic E-state index is 12.2. The highest BCUT2D eigenvalue weighted by atomic mass is 35.5. The van der Waals surface area contributed by atoms with Crippen LogP contribution in [0.3, 0.4) is 0 Å². The summed E-state index contributed by atoms with van der Waals surface area (Å²) in [7, 11) is 0. The lowest BCUT2D eigenvalue weighted by molar-refractivity contribution is 0.249. The zero-order valence-corrected chi connectivity index (χ0v) is 14.3. The van der Waals surface area contributed by atoms with E-state index in [4.69, 9.17) is 33.2 Å². The number of hydrogen-bond acceptors (Lipinski definition) is 4. The Bertz CT molecular complexity index is 895. The molecule has 2 N–H and O–H groups in total. The van der Waals surface area contributed by atoms with Gasteiger partial charge in [-0.3, -0.25) is 5.32 Å². The van der Waals surface area contributed by atoms with E-state index in [1.165, 1.54) is 6.20 Å². The third-order valence-electron chi connectivity index (χ3n) is 4.45. The summed E-state index contributed by atoms with van der Waals surface area (Å²) in [4.78, 5) is 16.2. The van der Waals surface area contributed by atoms with Gasteiger partial charge in [-0.15, -0.1) is 0 Å². The Balaban J connectivity index is 1.45.